The normalized spacial score (nSPS) is 12.1. The number of ether oxygens (including phenoxy) is 2. The van der Waals surface area contributed by atoms with Crippen LogP contribution in [0.5, 0.6) is 11.5 Å². The van der Waals surface area contributed by atoms with Crippen LogP contribution >= 0.6 is 11.6 Å². The smallest absolute Gasteiger partial charge is 0.255 e. The van der Waals surface area contributed by atoms with Crippen molar-refractivity contribution in [3.8, 4) is 11.5 Å². The van der Waals surface area contributed by atoms with Crippen molar-refractivity contribution in [1.29, 1.82) is 0 Å². The Hall–Kier alpha value is -4.43. The van der Waals surface area contributed by atoms with Crippen LogP contribution < -0.4 is 20.1 Å². The topological polar surface area (TPSA) is 107 Å². The molecule has 0 radical (unpaired) electrons. The zero-order chi connectivity index (χ0) is 24.4. The first-order valence-electron chi connectivity index (χ1n) is 10.7. The second kappa shape index (κ2) is 9.44. The van der Waals surface area contributed by atoms with Crippen LogP contribution in [-0.2, 0) is 0 Å². The van der Waals surface area contributed by atoms with E-state index < -0.39 is 0 Å². The van der Waals surface area contributed by atoms with Crippen LogP contribution in [0.1, 0.15) is 31.2 Å². The molecular formula is C26H18ClN3O5. The van der Waals surface area contributed by atoms with E-state index in [9.17, 15) is 14.4 Å². The van der Waals surface area contributed by atoms with Gasteiger partial charge >= 0.3 is 0 Å². The van der Waals surface area contributed by atoms with E-state index in [-0.39, 0.29) is 11.8 Å². The summed E-state index contributed by atoms with van der Waals surface area (Å²) in [5.74, 6) is 0.376. The second-order valence-electron chi connectivity index (χ2n) is 7.72. The molecule has 2 N–H and O–H groups in total. The number of carbonyl (C=O) groups is 3. The van der Waals surface area contributed by atoms with Gasteiger partial charge in [-0.05, 0) is 60.7 Å². The number of pyridine rings is 1. The monoisotopic (exact) mass is 487 g/mol. The molecule has 0 unspecified atom stereocenters. The number of carbonyl (C=O) groups excluding carboxylic acids is 3. The third-order valence-electron chi connectivity index (χ3n) is 5.37. The van der Waals surface area contributed by atoms with Crippen molar-refractivity contribution < 1.29 is 23.9 Å². The van der Waals surface area contributed by atoms with Crippen LogP contribution in [0.4, 0.5) is 11.4 Å². The van der Waals surface area contributed by atoms with Gasteiger partial charge in [0.05, 0.1) is 16.2 Å². The highest BCUT2D eigenvalue weighted by Crippen LogP contribution is 2.31. The van der Waals surface area contributed by atoms with Gasteiger partial charge in [-0.3, -0.25) is 14.4 Å². The molecule has 3 aromatic carbocycles. The molecule has 1 aliphatic rings. The third kappa shape index (κ3) is 4.78. The Morgan fingerprint density at radius 2 is 1.57 bits per heavy atom. The molecule has 35 heavy (non-hydrogen) atoms. The Kier molecular flexibility index (Phi) is 6.03. The number of amides is 2. The second-order valence-corrected chi connectivity index (χ2v) is 8.13. The van der Waals surface area contributed by atoms with Gasteiger partial charge < -0.3 is 20.1 Å². The zero-order valence-corrected chi connectivity index (χ0v) is 19.0. The standard InChI is InChI=1S/C26H18ClN3O5/c27-20-6-5-18(29-25(32)17-3-8-23-24(12-17)35-10-9-34-23)13-22(20)30-26(33)16-2-7-21-15(11-16)1-4-19(14-31)28-21/h1-8,11-14H,9-10H2,(H,29,32)(H,30,33). The minimum Gasteiger partial charge on any atom is -0.486 e. The lowest BCUT2D eigenvalue weighted by atomic mass is 10.1. The summed E-state index contributed by atoms with van der Waals surface area (Å²) in [6.45, 7) is 0.890. The number of fused-ring (bicyclic) bond motifs is 2. The average Bonchev–Trinajstić information content (AvgIpc) is 2.89. The summed E-state index contributed by atoms with van der Waals surface area (Å²) in [4.78, 5) is 40.7. The highest BCUT2D eigenvalue weighted by atomic mass is 35.5. The van der Waals surface area contributed by atoms with Crippen molar-refractivity contribution in [3.63, 3.8) is 0 Å². The minimum absolute atomic E-state index is 0.314. The first-order valence-corrected chi connectivity index (χ1v) is 11.1. The van der Waals surface area contributed by atoms with Crippen LogP contribution in [0.25, 0.3) is 10.9 Å². The lowest BCUT2D eigenvalue weighted by Gasteiger charge is -2.18. The maximum atomic E-state index is 12.9. The average molecular weight is 488 g/mol. The molecule has 0 fully saturated rings. The molecule has 0 bridgehead atoms. The van der Waals surface area contributed by atoms with Gasteiger partial charge in [0.25, 0.3) is 11.8 Å². The molecule has 8 nitrogen and oxygen atoms in total. The van der Waals surface area contributed by atoms with Gasteiger partial charge in [0.2, 0.25) is 0 Å². The molecule has 2 amide bonds. The highest BCUT2D eigenvalue weighted by molar-refractivity contribution is 6.34. The predicted octanol–water partition coefficient (Wildman–Crippen LogP) is 4.98. The number of aldehydes is 1. The SMILES string of the molecule is O=Cc1ccc2cc(C(=O)Nc3cc(NC(=O)c4ccc5c(c4)OCCO5)ccc3Cl)ccc2n1. The number of anilines is 2. The number of halogens is 1. The van der Waals surface area contributed by atoms with Gasteiger partial charge in [-0.2, -0.15) is 0 Å². The molecule has 2 heterocycles. The number of hydrogen-bond donors (Lipinski definition) is 2. The van der Waals surface area contributed by atoms with E-state index in [2.05, 4.69) is 15.6 Å². The Labute approximate surface area is 204 Å². The van der Waals surface area contributed by atoms with E-state index in [1.54, 1.807) is 66.7 Å². The van der Waals surface area contributed by atoms with Crippen LogP contribution in [0, 0.1) is 0 Å². The molecule has 0 spiro atoms. The largest absolute Gasteiger partial charge is 0.486 e. The molecule has 1 aliphatic heterocycles. The van der Waals surface area contributed by atoms with Crippen molar-refractivity contribution in [2.75, 3.05) is 23.8 Å². The lowest BCUT2D eigenvalue weighted by molar-refractivity contribution is 0.101. The Bertz CT molecular complexity index is 1490. The lowest BCUT2D eigenvalue weighted by Crippen LogP contribution is -2.17. The Morgan fingerprint density at radius 1 is 0.829 bits per heavy atom. The molecule has 4 aromatic rings. The summed E-state index contributed by atoms with van der Waals surface area (Å²) in [5, 5.41) is 6.60. The maximum absolute atomic E-state index is 12.9. The Balaban J connectivity index is 1.32. The fourth-order valence-electron chi connectivity index (χ4n) is 3.63. The maximum Gasteiger partial charge on any atom is 0.255 e. The van der Waals surface area contributed by atoms with Crippen molar-refractivity contribution in [3.05, 3.63) is 88.6 Å². The van der Waals surface area contributed by atoms with Gasteiger partial charge in [0.15, 0.2) is 17.8 Å². The molecule has 9 heteroatoms. The molecule has 5 rings (SSSR count). The summed E-state index contributed by atoms with van der Waals surface area (Å²) in [7, 11) is 0. The van der Waals surface area contributed by atoms with Gasteiger partial charge in [0, 0.05) is 22.2 Å². The van der Waals surface area contributed by atoms with E-state index >= 15 is 0 Å². The molecule has 0 atom stereocenters. The summed E-state index contributed by atoms with van der Waals surface area (Å²) >= 11 is 6.29. The first kappa shape index (κ1) is 22.4. The molecular weight excluding hydrogens is 470 g/mol. The van der Waals surface area contributed by atoms with E-state index in [1.807, 2.05) is 0 Å². The number of nitrogens with one attached hydrogen (secondary N) is 2. The van der Waals surface area contributed by atoms with Crippen molar-refractivity contribution in [1.82, 2.24) is 4.98 Å². The molecule has 0 saturated carbocycles. The molecule has 0 aliphatic carbocycles. The van der Waals surface area contributed by atoms with Crippen LogP contribution in [0.2, 0.25) is 5.02 Å². The molecule has 0 saturated heterocycles. The van der Waals surface area contributed by atoms with Crippen LogP contribution in [-0.4, -0.2) is 36.3 Å². The predicted molar refractivity (Wildman–Crippen MR) is 132 cm³/mol. The van der Waals surface area contributed by atoms with Crippen molar-refractivity contribution in [2.45, 2.75) is 0 Å². The van der Waals surface area contributed by atoms with Gasteiger partial charge in [-0.15, -0.1) is 0 Å². The van der Waals surface area contributed by atoms with Crippen LogP contribution in [0.3, 0.4) is 0 Å². The number of nitrogens with zero attached hydrogens (tertiary/aromatic N) is 1. The van der Waals surface area contributed by atoms with E-state index in [0.29, 0.717) is 69.7 Å². The van der Waals surface area contributed by atoms with Crippen molar-refractivity contribution in [2.24, 2.45) is 0 Å². The van der Waals surface area contributed by atoms with Gasteiger partial charge in [0.1, 0.15) is 18.9 Å². The van der Waals surface area contributed by atoms with E-state index in [0.717, 1.165) is 5.39 Å². The van der Waals surface area contributed by atoms with Gasteiger partial charge in [-0.1, -0.05) is 17.7 Å². The van der Waals surface area contributed by atoms with E-state index in [1.165, 1.54) is 0 Å². The van der Waals surface area contributed by atoms with Crippen LogP contribution in [0.15, 0.2) is 66.7 Å². The van der Waals surface area contributed by atoms with Gasteiger partial charge in [-0.25, -0.2) is 4.98 Å². The Morgan fingerprint density at radius 3 is 2.40 bits per heavy atom. The summed E-state index contributed by atoms with van der Waals surface area (Å²) in [6.07, 6.45) is 0.668. The van der Waals surface area contributed by atoms with Crippen molar-refractivity contribution >= 4 is 52.0 Å². The summed E-state index contributed by atoms with van der Waals surface area (Å²) < 4.78 is 11.0. The molecule has 1 aromatic heterocycles. The number of hydrogen-bond acceptors (Lipinski definition) is 6. The summed E-state index contributed by atoms with van der Waals surface area (Å²) in [6, 6.07) is 18.0. The highest BCUT2D eigenvalue weighted by Gasteiger charge is 2.16. The first-order chi connectivity index (χ1) is 17.0. The molecule has 174 valence electrons. The number of aromatic nitrogens is 1. The summed E-state index contributed by atoms with van der Waals surface area (Å²) in [5.41, 5.74) is 2.50. The fraction of sp³-hybridized carbons (Fsp3) is 0.0769. The quantitative estimate of drug-likeness (QED) is 0.385. The minimum atomic E-state index is -0.386. The number of rotatable bonds is 5. The number of benzene rings is 3. The third-order valence-corrected chi connectivity index (χ3v) is 5.70. The zero-order valence-electron chi connectivity index (χ0n) is 18.2. The fourth-order valence-corrected chi connectivity index (χ4v) is 3.79. The van der Waals surface area contributed by atoms with E-state index in [4.69, 9.17) is 21.1 Å².